The number of thiazole rings is 1. The summed E-state index contributed by atoms with van der Waals surface area (Å²) in [5.74, 6) is -0.845. The van der Waals surface area contributed by atoms with E-state index in [4.69, 9.17) is 5.11 Å². The SMILES string of the molecule is CN(c1cccc2cc(C3=NCC(CC(=O)O)S3)[nH]c12)S(=O)(=O)c1nccs1. The van der Waals surface area contributed by atoms with Crippen molar-refractivity contribution in [2.45, 2.75) is 16.0 Å². The molecule has 1 aliphatic heterocycles. The highest BCUT2D eigenvalue weighted by atomic mass is 32.2. The van der Waals surface area contributed by atoms with Crippen molar-refractivity contribution in [1.29, 1.82) is 0 Å². The van der Waals surface area contributed by atoms with Gasteiger partial charge in [-0.15, -0.1) is 11.3 Å². The number of rotatable bonds is 6. The number of aliphatic carboxylic acids is 1. The Morgan fingerprint density at radius 3 is 2.96 bits per heavy atom. The molecule has 1 atom stereocenters. The number of anilines is 1. The predicted molar refractivity (Wildman–Crippen MR) is 111 cm³/mol. The molecule has 0 bridgehead atoms. The molecule has 8 nitrogen and oxygen atoms in total. The molecule has 0 fully saturated rings. The average molecular weight is 437 g/mol. The normalized spacial score (nSPS) is 17.0. The van der Waals surface area contributed by atoms with Crippen LogP contribution in [0.25, 0.3) is 10.9 Å². The number of carbonyl (C=O) groups is 1. The molecule has 1 aromatic carbocycles. The topological polar surface area (TPSA) is 116 Å². The minimum Gasteiger partial charge on any atom is -0.481 e. The number of sulfonamides is 1. The van der Waals surface area contributed by atoms with Crippen LogP contribution in [0.4, 0.5) is 5.69 Å². The predicted octanol–water partition coefficient (Wildman–Crippen LogP) is 2.79. The number of carboxylic acid groups (broad SMARTS) is 1. The second-order valence-corrected chi connectivity index (χ2v) is 10.5. The molecular weight excluding hydrogens is 420 g/mol. The lowest BCUT2D eigenvalue weighted by molar-refractivity contribution is -0.136. The fourth-order valence-electron chi connectivity index (χ4n) is 2.97. The summed E-state index contributed by atoms with van der Waals surface area (Å²) in [6.45, 7) is 0.451. The molecule has 2 aromatic heterocycles. The monoisotopic (exact) mass is 436 g/mol. The van der Waals surface area contributed by atoms with Gasteiger partial charge in [-0.1, -0.05) is 23.9 Å². The van der Waals surface area contributed by atoms with E-state index in [0.717, 1.165) is 27.5 Å². The van der Waals surface area contributed by atoms with Crippen molar-refractivity contribution in [1.82, 2.24) is 9.97 Å². The number of carboxylic acids is 1. The third-order valence-corrected chi connectivity index (χ3v) is 8.49. The Bertz CT molecular complexity index is 1170. The van der Waals surface area contributed by atoms with Crippen molar-refractivity contribution >= 4 is 60.7 Å². The van der Waals surface area contributed by atoms with Crippen molar-refractivity contribution in [2.75, 3.05) is 17.9 Å². The molecule has 3 aromatic rings. The number of hydrogen-bond acceptors (Lipinski definition) is 7. The molecule has 1 aliphatic rings. The molecule has 0 saturated carbocycles. The molecule has 0 amide bonds. The third-order valence-electron chi connectivity index (χ3n) is 4.31. The Morgan fingerprint density at radius 1 is 1.43 bits per heavy atom. The van der Waals surface area contributed by atoms with Gasteiger partial charge < -0.3 is 10.1 Å². The van der Waals surface area contributed by atoms with Gasteiger partial charge >= 0.3 is 5.97 Å². The number of aromatic amines is 1. The summed E-state index contributed by atoms with van der Waals surface area (Å²) in [6, 6.07) is 7.31. The Morgan fingerprint density at radius 2 is 2.25 bits per heavy atom. The quantitative estimate of drug-likeness (QED) is 0.614. The number of aromatic nitrogens is 2. The fourth-order valence-corrected chi connectivity index (χ4v) is 6.23. The lowest BCUT2D eigenvalue weighted by Gasteiger charge is -2.18. The molecule has 2 N–H and O–H groups in total. The van der Waals surface area contributed by atoms with E-state index in [1.54, 1.807) is 17.5 Å². The van der Waals surface area contributed by atoms with E-state index in [-0.39, 0.29) is 16.0 Å². The molecule has 0 radical (unpaired) electrons. The molecule has 0 aliphatic carbocycles. The molecule has 1 unspecified atom stereocenters. The van der Waals surface area contributed by atoms with Crippen LogP contribution in [0.5, 0.6) is 0 Å². The van der Waals surface area contributed by atoms with Crippen molar-refractivity contribution in [2.24, 2.45) is 4.99 Å². The smallest absolute Gasteiger partial charge is 0.304 e. The number of H-pyrrole nitrogens is 1. The second-order valence-electron chi connectivity index (χ2n) is 6.18. The third kappa shape index (κ3) is 3.40. The van der Waals surface area contributed by atoms with Crippen LogP contribution in [0.2, 0.25) is 0 Å². The van der Waals surface area contributed by atoms with Crippen molar-refractivity contribution in [3.63, 3.8) is 0 Å². The Balaban J connectivity index is 1.68. The van der Waals surface area contributed by atoms with Gasteiger partial charge in [-0.2, -0.15) is 8.42 Å². The number of hydrogen-bond donors (Lipinski definition) is 2. The molecule has 0 spiro atoms. The van der Waals surface area contributed by atoms with E-state index in [9.17, 15) is 13.2 Å². The van der Waals surface area contributed by atoms with E-state index in [2.05, 4.69) is 15.0 Å². The van der Waals surface area contributed by atoms with Gasteiger partial charge in [0.25, 0.3) is 10.0 Å². The van der Waals surface area contributed by atoms with Crippen LogP contribution in [0.3, 0.4) is 0 Å². The van der Waals surface area contributed by atoms with E-state index >= 15 is 0 Å². The Kier molecular flexibility index (Phi) is 4.89. The van der Waals surface area contributed by atoms with Gasteiger partial charge in [0.2, 0.25) is 4.34 Å². The maximum absolute atomic E-state index is 12.8. The van der Waals surface area contributed by atoms with Crippen LogP contribution in [0.15, 0.2) is 45.2 Å². The molecule has 4 rings (SSSR count). The minimum absolute atomic E-state index is 0.0334. The zero-order valence-corrected chi connectivity index (χ0v) is 17.1. The molecule has 28 heavy (non-hydrogen) atoms. The van der Waals surface area contributed by atoms with E-state index in [1.807, 2.05) is 12.1 Å². The number of para-hydroxylation sites is 1. The van der Waals surface area contributed by atoms with E-state index < -0.39 is 16.0 Å². The summed E-state index contributed by atoms with van der Waals surface area (Å²) in [5.41, 5.74) is 1.93. The molecule has 0 saturated heterocycles. The zero-order valence-electron chi connectivity index (χ0n) is 14.7. The lowest BCUT2D eigenvalue weighted by atomic mass is 10.2. The maximum Gasteiger partial charge on any atom is 0.304 e. The highest BCUT2D eigenvalue weighted by molar-refractivity contribution is 8.15. The first-order chi connectivity index (χ1) is 13.4. The highest BCUT2D eigenvalue weighted by Gasteiger charge is 2.27. The number of fused-ring (bicyclic) bond motifs is 1. The standard InChI is InChI=1S/C17H16N4O4S3/c1-21(28(24,25)17-18-5-6-26-17)13-4-2-3-10-7-12(20-15(10)13)16-19-9-11(27-16)8-14(22)23/h2-7,11,20H,8-9H2,1H3,(H,22,23). The van der Waals surface area contributed by atoms with Crippen molar-refractivity contribution in [3.05, 3.63) is 41.5 Å². The van der Waals surface area contributed by atoms with Gasteiger partial charge in [0.05, 0.1) is 29.9 Å². The van der Waals surface area contributed by atoms with Gasteiger partial charge in [-0.25, -0.2) is 4.98 Å². The van der Waals surface area contributed by atoms with E-state index in [0.29, 0.717) is 17.7 Å². The van der Waals surface area contributed by atoms with Crippen LogP contribution in [0, 0.1) is 0 Å². The van der Waals surface area contributed by atoms with Crippen LogP contribution in [-0.4, -0.2) is 53.3 Å². The van der Waals surface area contributed by atoms with Gasteiger partial charge in [0, 0.05) is 29.3 Å². The second kappa shape index (κ2) is 7.22. The minimum atomic E-state index is -3.75. The van der Waals surface area contributed by atoms with Crippen LogP contribution < -0.4 is 4.31 Å². The Labute approximate surface area is 169 Å². The summed E-state index contributed by atoms with van der Waals surface area (Å²) in [6.07, 6.45) is 1.51. The molecule has 3 heterocycles. The summed E-state index contributed by atoms with van der Waals surface area (Å²) in [7, 11) is -2.26. The Hall–Kier alpha value is -2.37. The highest BCUT2D eigenvalue weighted by Crippen LogP contribution is 2.33. The number of nitrogens with one attached hydrogen (secondary N) is 1. The number of thioether (sulfide) groups is 1. The van der Waals surface area contributed by atoms with E-state index in [1.165, 1.54) is 29.3 Å². The summed E-state index contributed by atoms with van der Waals surface area (Å²) >= 11 is 2.49. The first-order valence-electron chi connectivity index (χ1n) is 8.29. The molecule has 146 valence electrons. The zero-order chi connectivity index (χ0) is 19.9. The van der Waals surface area contributed by atoms with Crippen molar-refractivity contribution < 1.29 is 18.3 Å². The number of benzene rings is 1. The van der Waals surface area contributed by atoms with Gasteiger partial charge in [0.15, 0.2) is 0 Å². The summed E-state index contributed by atoms with van der Waals surface area (Å²) in [4.78, 5) is 22.5. The summed E-state index contributed by atoms with van der Waals surface area (Å²) in [5, 5.41) is 12.1. The lowest BCUT2D eigenvalue weighted by Crippen LogP contribution is -2.26. The van der Waals surface area contributed by atoms with Crippen molar-refractivity contribution in [3.8, 4) is 0 Å². The first-order valence-corrected chi connectivity index (χ1v) is 11.5. The van der Waals surface area contributed by atoms with Crippen LogP contribution in [-0.2, 0) is 14.8 Å². The number of aliphatic imine (C=N–C) groups is 1. The van der Waals surface area contributed by atoms with Crippen LogP contribution in [0.1, 0.15) is 12.1 Å². The van der Waals surface area contributed by atoms with Gasteiger partial charge in [-0.3, -0.25) is 14.1 Å². The summed E-state index contributed by atoms with van der Waals surface area (Å²) < 4.78 is 26.9. The molecular formula is C17H16N4O4S3. The fraction of sp³-hybridized carbons (Fsp3) is 0.235. The average Bonchev–Trinajstić information content (AvgIpc) is 3.39. The van der Waals surface area contributed by atoms with Gasteiger partial charge in [0.1, 0.15) is 5.04 Å². The van der Waals surface area contributed by atoms with Gasteiger partial charge in [-0.05, 0) is 12.1 Å². The number of nitrogens with zero attached hydrogens (tertiary/aromatic N) is 3. The largest absolute Gasteiger partial charge is 0.481 e. The maximum atomic E-state index is 12.8. The first kappa shape index (κ1) is 19.0. The molecule has 11 heteroatoms. The van der Waals surface area contributed by atoms with Crippen LogP contribution >= 0.6 is 23.1 Å².